The number of aryl methyl sites for hydroxylation is 1. The van der Waals surface area contributed by atoms with Crippen molar-refractivity contribution in [2.45, 2.75) is 77.2 Å². The van der Waals surface area contributed by atoms with Crippen LogP contribution in [0.15, 0.2) is 48.5 Å². The van der Waals surface area contributed by atoms with Crippen LogP contribution in [-0.4, -0.2) is 12.7 Å². The third-order valence-corrected chi connectivity index (χ3v) is 7.64. The average Bonchev–Trinajstić information content (AvgIpc) is 2.93. The molecule has 0 aliphatic heterocycles. The van der Waals surface area contributed by atoms with Crippen LogP contribution in [0.1, 0.15) is 75.3 Å². The van der Waals surface area contributed by atoms with Gasteiger partial charge in [-0.2, -0.15) is 17.6 Å². The Morgan fingerprint density at radius 1 is 0.750 bits per heavy atom. The molecule has 0 aromatic heterocycles. The maximum Gasteiger partial charge on any atom is 0.433 e. The molecule has 0 amide bonds. The smallest absolute Gasteiger partial charge is 0.433 e. The first kappa shape index (κ1) is 29.8. The van der Waals surface area contributed by atoms with Crippen LogP contribution in [0.5, 0.6) is 11.5 Å². The highest BCUT2D eigenvalue weighted by Crippen LogP contribution is 2.40. The Bertz CT molecular complexity index is 1280. The molecule has 8 heteroatoms. The highest BCUT2D eigenvalue weighted by atomic mass is 19.3. The van der Waals surface area contributed by atoms with Crippen LogP contribution in [-0.2, 0) is 0 Å². The molecule has 0 N–H and O–H groups in total. The number of hydrogen-bond acceptors (Lipinski definition) is 2. The van der Waals surface area contributed by atoms with Gasteiger partial charge in [0, 0.05) is 5.56 Å². The highest BCUT2D eigenvalue weighted by Gasteiger charge is 2.36. The quantitative estimate of drug-likeness (QED) is 0.170. The van der Waals surface area contributed by atoms with Gasteiger partial charge in [-0.05, 0) is 73.8 Å². The summed E-state index contributed by atoms with van der Waals surface area (Å²) < 4.78 is 97.1. The van der Waals surface area contributed by atoms with Gasteiger partial charge in [0.1, 0.15) is 0 Å². The minimum Gasteiger partial charge on any atom is -0.480 e. The van der Waals surface area contributed by atoms with E-state index in [9.17, 15) is 26.3 Å². The normalized spacial score (nSPS) is 17.6. The largest absolute Gasteiger partial charge is 0.480 e. The van der Waals surface area contributed by atoms with Crippen molar-refractivity contribution in [3.8, 4) is 22.6 Å². The number of benzene rings is 3. The number of halogens is 6. The number of ether oxygens (including phenoxy) is 2. The van der Waals surface area contributed by atoms with Crippen LogP contribution < -0.4 is 9.47 Å². The van der Waals surface area contributed by atoms with Crippen molar-refractivity contribution in [3.05, 3.63) is 82.9 Å². The molecule has 0 bridgehead atoms. The van der Waals surface area contributed by atoms with Crippen LogP contribution in [0.2, 0.25) is 0 Å². The Labute approximate surface area is 231 Å². The van der Waals surface area contributed by atoms with Crippen molar-refractivity contribution in [1.29, 1.82) is 0 Å². The Hall–Kier alpha value is -3.16. The molecule has 3 aromatic rings. The second kappa shape index (κ2) is 13.0. The lowest BCUT2D eigenvalue weighted by atomic mass is 9.77. The van der Waals surface area contributed by atoms with E-state index in [0.717, 1.165) is 43.4 Å². The standard InChI is InChI=1S/C32H34F6O2/c1-3-4-5-6-21-9-13-23(14-10-21)25-16-18-27(31(36)29(25)34)40-32(37,38)19-39-26-17-15-24(28(33)30(26)35)22-11-7-20(2)8-12-22/h7-8,11-12,15-18,21,23H,3-6,9-10,13-14,19H2,1-2H3. The van der Waals surface area contributed by atoms with Gasteiger partial charge >= 0.3 is 6.11 Å². The fourth-order valence-corrected chi connectivity index (χ4v) is 5.34. The molecular weight excluding hydrogens is 530 g/mol. The van der Waals surface area contributed by atoms with Gasteiger partial charge in [0.05, 0.1) is 0 Å². The molecule has 40 heavy (non-hydrogen) atoms. The molecule has 1 saturated carbocycles. The van der Waals surface area contributed by atoms with Gasteiger partial charge < -0.3 is 9.47 Å². The van der Waals surface area contributed by atoms with E-state index in [1.807, 2.05) is 6.92 Å². The van der Waals surface area contributed by atoms with Gasteiger partial charge in [-0.25, -0.2) is 8.78 Å². The molecule has 1 aliphatic rings. The van der Waals surface area contributed by atoms with E-state index in [0.29, 0.717) is 24.3 Å². The monoisotopic (exact) mass is 564 g/mol. The fourth-order valence-electron chi connectivity index (χ4n) is 5.34. The molecule has 0 spiro atoms. The van der Waals surface area contributed by atoms with Crippen molar-refractivity contribution in [2.75, 3.05) is 6.61 Å². The summed E-state index contributed by atoms with van der Waals surface area (Å²) in [6.07, 6.45) is 3.75. The molecule has 0 saturated heterocycles. The molecule has 0 radical (unpaired) electrons. The van der Waals surface area contributed by atoms with Crippen molar-refractivity contribution < 1.29 is 35.8 Å². The molecule has 1 fully saturated rings. The maximum absolute atomic E-state index is 14.9. The second-order valence-corrected chi connectivity index (χ2v) is 10.6. The van der Waals surface area contributed by atoms with Gasteiger partial charge in [-0.15, -0.1) is 0 Å². The molecule has 2 nitrogen and oxygen atoms in total. The number of unbranched alkanes of at least 4 members (excludes halogenated alkanes) is 2. The number of alkyl halides is 2. The van der Waals surface area contributed by atoms with Gasteiger partial charge in [0.15, 0.2) is 29.7 Å². The van der Waals surface area contributed by atoms with E-state index in [1.165, 1.54) is 25.0 Å². The highest BCUT2D eigenvalue weighted by molar-refractivity contribution is 5.65. The Morgan fingerprint density at radius 3 is 2.08 bits per heavy atom. The molecule has 0 heterocycles. The van der Waals surface area contributed by atoms with Crippen LogP contribution in [0, 0.1) is 36.1 Å². The van der Waals surface area contributed by atoms with Crippen LogP contribution in [0.4, 0.5) is 26.3 Å². The lowest BCUT2D eigenvalue weighted by Crippen LogP contribution is -2.33. The predicted octanol–water partition coefficient (Wildman–Crippen LogP) is 10.1. The molecule has 0 atom stereocenters. The summed E-state index contributed by atoms with van der Waals surface area (Å²) in [6.45, 7) is 2.45. The first-order valence-corrected chi connectivity index (χ1v) is 13.8. The van der Waals surface area contributed by atoms with E-state index in [-0.39, 0.29) is 17.0 Å². The van der Waals surface area contributed by atoms with Gasteiger partial charge in [-0.1, -0.05) is 68.5 Å². The van der Waals surface area contributed by atoms with E-state index in [1.54, 1.807) is 24.3 Å². The topological polar surface area (TPSA) is 18.5 Å². The van der Waals surface area contributed by atoms with E-state index >= 15 is 0 Å². The minimum absolute atomic E-state index is 0.0597. The van der Waals surface area contributed by atoms with E-state index in [4.69, 9.17) is 4.74 Å². The van der Waals surface area contributed by atoms with Crippen LogP contribution in [0.25, 0.3) is 11.1 Å². The van der Waals surface area contributed by atoms with Crippen molar-refractivity contribution in [2.24, 2.45) is 5.92 Å². The first-order chi connectivity index (χ1) is 19.1. The Kier molecular flexibility index (Phi) is 9.69. The summed E-state index contributed by atoms with van der Waals surface area (Å²) in [5, 5.41) is 0. The molecule has 4 rings (SSSR count). The Balaban J connectivity index is 1.38. The minimum atomic E-state index is -4.15. The third kappa shape index (κ3) is 7.12. The van der Waals surface area contributed by atoms with Crippen LogP contribution in [0.3, 0.4) is 0 Å². The summed E-state index contributed by atoms with van der Waals surface area (Å²) >= 11 is 0. The first-order valence-electron chi connectivity index (χ1n) is 13.8. The summed E-state index contributed by atoms with van der Waals surface area (Å²) in [6, 6.07) is 11.2. The van der Waals surface area contributed by atoms with Crippen molar-refractivity contribution in [3.63, 3.8) is 0 Å². The lowest BCUT2D eigenvalue weighted by molar-refractivity contribution is -0.197. The van der Waals surface area contributed by atoms with Crippen LogP contribution >= 0.6 is 0 Å². The zero-order valence-electron chi connectivity index (χ0n) is 22.7. The maximum atomic E-state index is 14.9. The summed E-state index contributed by atoms with van der Waals surface area (Å²) in [7, 11) is 0. The summed E-state index contributed by atoms with van der Waals surface area (Å²) in [4.78, 5) is 0. The SMILES string of the molecule is CCCCCC1CCC(c2ccc(OC(F)(F)COc3ccc(-c4ccc(C)cc4)c(F)c3F)c(F)c2F)CC1. The third-order valence-electron chi connectivity index (χ3n) is 7.64. The Morgan fingerprint density at radius 2 is 1.40 bits per heavy atom. The summed E-state index contributed by atoms with van der Waals surface area (Å²) in [5.41, 5.74) is 1.43. The zero-order chi connectivity index (χ0) is 28.9. The van der Waals surface area contributed by atoms with Gasteiger partial charge in [0.25, 0.3) is 0 Å². The van der Waals surface area contributed by atoms with E-state index < -0.39 is 47.5 Å². The average molecular weight is 565 g/mol. The van der Waals surface area contributed by atoms with Gasteiger partial charge in [0.2, 0.25) is 11.6 Å². The zero-order valence-corrected chi connectivity index (χ0v) is 22.7. The second-order valence-electron chi connectivity index (χ2n) is 10.6. The van der Waals surface area contributed by atoms with E-state index in [2.05, 4.69) is 11.7 Å². The van der Waals surface area contributed by atoms with Gasteiger partial charge in [-0.3, -0.25) is 0 Å². The van der Waals surface area contributed by atoms with Crippen molar-refractivity contribution >= 4 is 0 Å². The molecule has 0 unspecified atom stereocenters. The molecule has 3 aromatic carbocycles. The number of rotatable bonds is 11. The lowest BCUT2D eigenvalue weighted by Gasteiger charge is -2.29. The molecule has 1 aliphatic carbocycles. The molecular formula is C32H34F6O2. The predicted molar refractivity (Wildman–Crippen MR) is 143 cm³/mol. The summed E-state index contributed by atoms with van der Waals surface area (Å²) in [5.74, 6) is -6.77. The number of hydrogen-bond donors (Lipinski definition) is 0. The fraction of sp³-hybridized carbons (Fsp3) is 0.438. The molecule has 216 valence electrons. The van der Waals surface area contributed by atoms with Crippen molar-refractivity contribution in [1.82, 2.24) is 0 Å².